The van der Waals surface area contributed by atoms with Crippen molar-refractivity contribution in [2.24, 2.45) is 0 Å². The van der Waals surface area contributed by atoms with Crippen LogP contribution in [0, 0.1) is 0 Å². The van der Waals surface area contributed by atoms with Gasteiger partial charge in [0.2, 0.25) is 0 Å². The van der Waals surface area contributed by atoms with E-state index in [1.54, 1.807) is 0 Å². The number of amides is 2. The van der Waals surface area contributed by atoms with Crippen LogP contribution in [-0.2, 0) is 12.7 Å². The number of carbonyl (C=O) groups excluding carboxylic acids is 1. The summed E-state index contributed by atoms with van der Waals surface area (Å²) in [7, 11) is 1.28. The molecule has 0 aliphatic heterocycles. The highest BCUT2D eigenvalue weighted by Crippen LogP contribution is 2.34. The quantitative estimate of drug-likeness (QED) is 0.718. The molecule has 1 rings (SSSR count). The van der Waals surface area contributed by atoms with Crippen molar-refractivity contribution in [3.63, 3.8) is 0 Å². The van der Waals surface area contributed by atoms with Crippen molar-refractivity contribution in [1.29, 1.82) is 0 Å². The average Bonchev–Trinajstić information content (AvgIpc) is 2.51. The average molecular weight is 334 g/mol. The molecule has 0 saturated carbocycles. The molecule has 8 heteroatoms. The Morgan fingerprint density at radius 3 is 2.61 bits per heavy atom. The van der Waals surface area contributed by atoms with Gasteiger partial charge < -0.3 is 20.5 Å². The Kier molecular flexibility index (Phi) is 7.15. The highest BCUT2D eigenvalue weighted by atomic mass is 19.4. The van der Waals surface area contributed by atoms with Gasteiger partial charge in [-0.25, -0.2) is 4.79 Å². The molecule has 130 valence electrons. The Morgan fingerprint density at radius 2 is 2.09 bits per heavy atom. The molecule has 0 fully saturated rings. The summed E-state index contributed by atoms with van der Waals surface area (Å²) in [6.45, 7) is 1.50. The number of methoxy groups -OCH3 is 1. The smallest absolute Gasteiger partial charge is 0.416 e. The zero-order valence-corrected chi connectivity index (χ0v) is 13.0. The molecular weight excluding hydrogens is 313 g/mol. The zero-order chi connectivity index (χ0) is 17.5. The fourth-order valence-electron chi connectivity index (χ4n) is 2.05. The predicted octanol–water partition coefficient (Wildman–Crippen LogP) is 2.67. The van der Waals surface area contributed by atoms with Crippen molar-refractivity contribution < 1.29 is 27.8 Å². The molecule has 0 heterocycles. The molecule has 5 nitrogen and oxygen atoms in total. The number of hydrogen-bond acceptors (Lipinski definition) is 3. The minimum atomic E-state index is -4.54. The lowest BCUT2D eigenvalue weighted by atomic mass is 10.1. The molecule has 0 spiro atoms. The number of rotatable bonds is 7. The lowest BCUT2D eigenvalue weighted by molar-refractivity contribution is -0.138. The van der Waals surface area contributed by atoms with Gasteiger partial charge in [0.25, 0.3) is 0 Å². The third-order valence-electron chi connectivity index (χ3n) is 3.37. The van der Waals surface area contributed by atoms with Crippen LogP contribution in [-0.4, -0.2) is 30.9 Å². The van der Waals surface area contributed by atoms with Crippen LogP contribution in [0.2, 0.25) is 0 Å². The Bertz CT molecular complexity index is 521. The van der Waals surface area contributed by atoms with Gasteiger partial charge in [0.15, 0.2) is 0 Å². The first kappa shape index (κ1) is 19.1. The number of carbonyl (C=O) groups is 1. The molecule has 1 unspecified atom stereocenters. The van der Waals surface area contributed by atoms with E-state index in [0.29, 0.717) is 12.8 Å². The summed E-state index contributed by atoms with van der Waals surface area (Å²) in [6, 6.07) is 2.78. The number of ether oxygens (including phenoxy) is 1. The maximum Gasteiger partial charge on any atom is 0.416 e. The Labute approximate surface area is 132 Å². The SMILES string of the molecule is CCC(CCO)NC(=O)NCc1ccc(OC)cc1C(F)(F)F. The molecule has 1 aromatic rings. The maximum absolute atomic E-state index is 13.0. The molecule has 2 amide bonds. The summed E-state index contributed by atoms with van der Waals surface area (Å²) in [5.41, 5.74) is -0.900. The molecular formula is C15H21F3N2O3. The van der Waals surface area contributed by atoms with Gasteiger partial charge in [0, 0.05) is 19.2 Å². The molecule has 0 aliphatic rings. The molecule has 0 aromatic heterocycles. The second kappa shape index (κ2) is 8.61. The Balaban J connectivity index is 2.75. The van der Waals surface area contributed by atoms with E-state index in [0.717, 1.165) is 6.07 Å². The van der Waals surface area contributed by atoms with Crippen LogP contribution in [0.25, 0.3) is 0 Å². The van der Waals surface area contributed by atoms with E-state index in [2.05, 4.69) is 10.6 Å². The number of alkyl halides is 3. The Morgan fingerprint density at radius 1 is 1.39 bits per heavy atom. The summed E-state index contributed by atoms with van der Waals surface area (Å²) < 4.78 is 43.9. The fraction of sp³-hybridized carbons (Fsp3) is 0.533. The highest BCUT2D eigenvalue weighted by molar-refractivity contribution is 5.74. The highest BCUT2D eigenvalue weighted by Gasteiger charge is 2.33. The fourth-order valence-corrected chi connectivity index (χ4v) is 2.05. The van der Waals surface area contributed by atoms with Gasteiger partial charge in [-0.05, 0) is 30.5 Å². The number of urea groups is 1. The number of nitrogens with one attached hydrogen (secondary N) is 2. The van der Waals surface area contributed by atoms with Crippen molar-refractivity contribution in [1.82, 2.24) is 10.6 Å². The van der Waals surface area contributed by atoms with Gasteiger partial charge in [-0.1, -0.05) is 13.0 Å². The summed E-state index contributed by atoms with van der Waals surface area (Å²) >= 11 is 0. The van der Waals surface area contributed by atoms with E-state index in [1.807, 2.05) is 6.92 Å². The number of hydrogen-bond donors (Lipinski definition) is 3. The van der Waals surface area contributed by atoms with Crippen LogP contribution < -0.4 is 15.4 Å². The van der Waals surface area contributed by atoms with Gasteiger partial charge in [0.1, 0.15) is 5.75 Å². The van der Waals surface area contributed by atoms with Gasteiger partial charge in [-0.2, -0.15) is 13.2 Å². The normalized spacial score (nSPS) is 12.6. The monoisotopic (exact) mass is 334 g/mol. The van der Waals surface area contributed by atoms with Gasteiger partial charge in [-0.15, -0.1) is 0 Å². The molecule has 1 aromatic carbocycles. The third-order valence-corrected chi connectivity index (χ3v) is 3.37. The maximum atomic E-state index is 13.0. The van der Waals surface area contributed by atoms with Crippen LogP contribution in [0.15, 0.2) is 18.2 Å². The van der Waals surface area contributed by atoms with Crippen molar-refractivity contribution in [2.75, 3.05) is 13.7 Å². The standard InChI is InChI=1S/C15H21F3N2O3/c1-3-11(6-7-21)20-14(22)19-9-10-4-5-12(23-2)8-13(10)15(16,17)18/h4-5,8,11,21H,3,6-7,9H2,1-2H3,(H2,19,20,22). The van der Waals surface area contributed by atoms with E-state index in [4.69, 9.17) is 9.84 Å². The number of halogens is 3. The van der Waals surface area contributed by atoms with Crippen molar-refractivity contribution in [2.45, 2.75) is 38.5 Å². The summed E-state index contributed by atoms with van der Waals surface area (Å²) in [5.74, 6) is 0.0968. The first-order chi connectivity index (χ1) is 10.8. The molecule has 1 atom stereocenters. The van der Waals surface area contributed by atoms with Crippen LogP contribution >= 0.6 is 0 Å². The number of aliphatic hydroxyl groups is 1. The van der Waals surface area contributed by atoms with Crippen molar-refractivity contribution >= 4 is 6.03 Å². The summed E-state index contributed by atoms with van der Waals surface area (Å²) in [6.07, 6.45) is -3.53. The van der Waals surface area contributed by atoms with Crippen LogP contribution in [0.4, 0.5) is 18.0 Å². The minimum absolute atomic E-state index is 0.0522. The second-order valence-corrected chi connectivity index (χ2v) is 4.97. The van der Waals surface area contributed by atoms with Crippen LogP contribution in [0.1, 0.15) is 30.9 Å². The third kappa shape index (κ3) is 5.97. The van der Waals surface area contributed by atoms with E-state index in [-0.39, 0.29) is 30.5 Å². The van der Waals surface area contributed by atoms with E-state index in [9.17, 15) is 18.0 Å². The van der Waals surface area contributed by atoms with Crippen molar-refractivity contribution in [3.8, 4) is 5.75 Å². The first-order valence-electron chi connectivity index (χ1n) is 7.21. The number of aliphatic hydroxyl groups excluding tert-OH is 1. The van der Waals surface area contributed by atoms with Gasteiger partial charge in [0.05, 0.1) is 12.7 Å². The molecule has 23 heavy (non-hydrogen) atoms. The minimum Gasteiger partial charge on any atom is -0.497 e. The molecule has 0 radical (unpaired) electrons. The second-order valence-electron chi connectivity index (χ2n) is 4.97. The van der Waals surface area contributed by atoms with E-state index in [1.165, 1.54) is 19.2 Å². The largest absolute Gasteiger partial charge is 0.497 e. The zero-order valence-electron chi connectivity index (χ0n) is 13.0. The molecule has 0 saturated heterocycles. The number of benzene rings is 1. The summed E-state index contributed by atoms with van der Waals surface area (Å²) in [4.78, 5) is 11.7. The lowest BCUT2D eigenvalue weighted by Gasteiger charge is -2.18. The first-order valence-corrected chi connectivity index (χ1v) is 7.21. The van der Waals surface area contributed by atoms with Gasteiger partial charge >= 0.3 is 12.2 Å². The molecule has 3 N–H and O–H groups in total. The lowest BCUT2D eigenvalue weighted by Crippen LogP contribution is -2.42. The van der Waals surface area contributed by atoms with Crippen molar-refractivity contribution in [3.05, 3.63) is 29.3 Å². The van der Waals surface area contributed by atoms with E-state index >= 15 is 0 Å². The predicted molar refractivity (Wildman–Crippen MR) is 79.1 cm³/mol. The van der Waals surface area contributed by atoms with E-state index < -0.39 is 17.8 Å². The molecule has 0 aliphatic carbocycles. The molecule has 0 bridgehead atoms. The van der Waals surface area contributed by atoms with Gasteiger partial charge in [-0.3, -0.25) is 0 Å². The topological polar surface area (TPSA) is 70.6 Å². The summed E-state index contributed by atoms with van der Waals surface area (Å²) in [5, 5.41) is 13.9. The Hall–Kier alpha value is -1.96. The van der Waals surface area contributed by atoms with Crippen LogP contribution in [0.3, 0.4) is 0 Å². The van der Waals surface area contributed by atoms with Crippen LogP contribution in [0.5, 0.6) is 5.75 Å².